The van der Waals surface area contributed by atoms with Crippen LogP contribution in [0.5, 0.6) is 0 Å². The number of carbonyl (C=O) groups excluding carboxylic acids is 1. The van der Waals surface area contributed by atoms with Crippen molar-refractivity contribution in [1.29, 1.82) is 0 Å². The van der Waals surface area contributed by atoms with Crippen LogP contribution in [0, 0.1) is 12.7 Å². The average Bonchev–Trinajstić information content (AvgIpc) is 2.92. The zero-order valence-corrected chi connectivity index (χ0v) is 22.7. The summed E-state index contributed by atoms with van der Waals surface area (Å²) in [5, 5.41) is 13.1. The van der Waals surface area contributed by atoms with Crippen molar-refractivity contribution in [2.75, 3.05) is 35.8 Å². The first-order valence-corrected chi connectivity index (χ1v) is 13.8. The third kappa shape index (κ3) is 8.91. The number of hydrogen-bond donors (Lipinski definition) is 4. The number of carboxylic acids is 1. The molecule has 1 amide bonds. The van der Waals surface area contributed by atoms with Crippen LogP contribution in [-0.4, -0.2) is 57.8 Å². The third-order valence-corrected chi connectivity index (χ3v) is 7.26. The number of anilines is 2. The van der Waals surface area contributed by atoms with E-state index < -0.39 is 33.9 Å². The van der Waals surface area contributed by atoms with Gasteiger partial charge in [0, 0.05) is 43.9 Å². The number of nitrogens with zero attached hydrogens (tertiary/aromatic N) is 1. The highest BCUT2D eigenvalue weighted by atomic mass is 32.2. The second kappa shape index (κ2) is 13.5. The van der Waals surface area contributed by atoms with Gasteiger partial charge in [-0.1, -0.05) is 30.3 Å². The Hall–Kier alpha value is -4.17. The fourth-order valence-electron chi connectivity index (χ4n) is 3.85. The van der Waals surface area contributed by atoms with Crippen molar-refractivity contribution in [2.45, 2.75) is 24.5 Å². The number of rotatable bonds is 7. The number of aryl methyl sites for hydroxylation is 1. The van der Waals surface area contributed by atoms with E-state index in [1.165, 1.54) is 18.2 Å². The molecule has 0 aliphatic carbocycles. The van der Waals surface area contributed by atoms with Crippen LogP contribution >= 0.6 is 0 Å². The van der Waals surface area contributed by atoms with Gasteiger partial charge in [0.05, 0.1) is 16.3 Å². The zero-order valence-electron chi connectivity index (χ0n) is 21.8. The van der Waals surface area contributed by atoms with Gasteiger partial charge >= 0.3 is 12.1 Å². The van der Waals surface area contributed by atoms with Gasteiger partial charge in [-0.25, -0.2) is 17.6 Å². The Balaban J connectivity index is 0.000000587. The summed E-state index contributed by atoms with van der Waals surface area (Å²) in [4.78, 5) is 23.9. The Bertz CT molecular complexity index is 1490. The van der Waals surface area contributed by atoms with E-state index in [2.05, 4.69) is 20.3 Å². The van der Waals surface area contributed by atoms with Gasteiger partial charge in [0.1, 0.15) is 5.82 Å². The molecule has 0 saturated carbocycles. The first-order chi connectivity index (χ1) is 19.3. The van der Waals surface area contributed by atoms with Gasteiger partial charge in [0.25, 0.3) is 15.9 Å². The highest BCUT2D eigenvalue weighted by molar-refractivity contribution is 7.92. The molecule has 220 valence electrons. The lowest BCUT2D eigenvalue weighted by Crippen LogP contribution is -2.43. The minimum Gasteiger partial charge on any atom is -0.475 e. The molecule has 4 rings (SSSR count). The number of hydrogen-bond acceptors (Lipinski definition) is 6. The lowest BCUT2D eigenvalue weighted by atomic mass is 10.1. The number of piperazine rings is 1. The van der Waals surface area contributed by atoms with Gasteiger partial charge in [-0.3, -0.25) is 9.52 Å². The predicted octanol–water partition coefficient (Wildman–Crippen LogP) is 3.91. The first-order valence-electron chi connectivity index (χ1n) is 12.3. The molecule has 4 N–H and O–H groups in total. The second-order valence-electron chi connectivity index (χ2n) is 8.97. The Labute approximate surface area is 234 Å². The van der Waals surface area contributed by atoms with Crippen molar-refractivity contribution < 1.29 is 40.7 Å². The normalized spacial score (nSPS) is 13.5. The number of amides is 1. The Morgan fingerprint density at radius 1 is 1.00 bits per heavy atom. The van der Waals surface area contributed by atoms with Crippen LogP contribution in [0.25, 0.3) is 0 Å². The molecular weight excluding hydrogens is 568 g/mol. The van der Waals surface area contributed by atoms with Crippen LogP contribution in [0.1, 0.15) is 21.5 Å². The van der Waals surface area contributed by atoms with E-state index in [4.69, 9.17) is 9.90 Å². The Morgan fingerprint density at radius 2 is 1.66 bits per heavy atom. The van der Waals surface area contributed by atoms with E-state index in [0.29, 0.717) is 30.0 Å². The highest BCUT2D eigenvalue weighted by Gasteiger charge is 2.38. The summed E-state index contributed by atoms with van der Waals surface area (Å²) in [6.07, 6.45) is -5.08. The Morgan fingerprint density at radius 3 is 2.27 bits per heavy atom. The second-order valence-corrected chi connectivity index (χ2v) is 10.7. The quantitative estimate of drug-likeness (QED) is 0.305. The molecule has 0 aromatic heterocycles. The summed E-state index contributed by atoms with van der Waals surface area (Å²) in [5.41, 5.74) is 2.49. The molecule has 1 heterocycles. The summed E-state index contributed by atoms with van der Waals surface area (Å²) in [7, 11) is -3.87. The van der Waals surface area contributed by atoms with Crippen LogP contribution < -0.4 is 20.3 Å². The predicted molar refractivity (Wildman–Crippen MR) is 145 cm³/mol. The largest absolute Gasteiger partial charge is 0.490 e. The minimum atomic E-state index is -5.08. The molecule has 14 heteroatoms. The number of aliphatic carboxylic acids is 1. The number of sulfonamides is 1. The van der Waals surface area contributed by atoms with Gasteiger partial charge in [-0.05, 0) is 48.9 Å². The molecule has 0 spiro atoms. The van der Waals surface area contributed by atoms with Crippen LogP contribution in [0.2, 0.25) is 0 Å². The van der Waals surface area contributed by atoms with Gasteiger partial charge in [0.2, 0.25) is 0 Å². The molecule has 9 nitrogen and oxygen atoms in total. The fourth-order valence-corrected chi connectivity index (χ4v) is 5.02. The zero-order chi connectivity index (χ0) is 30.2. The van der Waals surface area contributed by atoms with Crippen molar-refractivity contribution in [1.82, 2.24) is 10.6 Å². The van der Waals surface area contributed by atoms with Crippen molar-refractivity contribution in [3.05, 3.63) is 89.2 Å². The van der Waals surface area contributed by atoms with Crippen molar-refractivity contribution >= 4 is 33.3 Å². The molecule has 0 unspecified atom stereocenters. The summed E-state index contributed by atoms with van der Waals surface area (Å²) in [6.45, 7) is 4.81. The molecule has 1 fully saturated rings. The Kier molecular flexibility index (Phi) is 10.3. The standard InChI is InChI=1S/C25H27FN4O3S.C2HF3O2/c1-18-5-4-7-21(15-18)34(32,33)29-23-16-19(9-10-24(23)30-13-11-27-12-14-30)25(31)28-17-20-6-2-3-8-22(20)26;3-2(4,5)1(6)7/h2-10,15-16,27,29H,11-14,17H2,1H3,(H,28,31);(H,6,7). The number of benzene rings is 3. The van der Waals surface area contributed by atoms with Crippen molar-refractivity contribution in [3.8, 4) is 0 Å². The van der Waals surface area contributed by atoms with Crippen molar-refractivity contribution in [3.63, 3.8) is 0 Å². The van der Waals surface area contributed by atoms with Gasteiger partial charge < -0.3 is 20.6 Å². The van der Waals surface area contributed by atoms with E-state index in [0.717, 1.165) is 18.7 Å². The van der Waals surface area contributed by atoms with E-state index in [-0.39, 0.29) is 17.0 Å². The highest BCUT2D eigenvalue weighted by Crippen LogP contribution is 2.30. The fraction of sp³-hybridized carbons (Fsp3) is 0.259. The SMILES string of the molecule is Cc1cccc(S(=O)(=O)Nc2cc(C(=O)NCc3ccccc3F)ccc2N2CCNCC2)c1.O=C(O)C(F)(F)F. The molecule has 0 radical (unpaired) electrons. The maximum Gasteiger partial charge on any atom is 0.490 e. The maximum atomic E-state index is 13.9. The van der Waals surface area contributed by atoms with Crippen LogP contribution in [0.3, 0.4) is 0 Å². The maximum absolute atomic E-state index is 13.9. The van der Waals surface area contributed by atoms with Crippen LogP contribution in [0.4, 0.5) is 28.9 Å². The van der Waals surface area contributed by atoms with E-state index in [9.17, 15) is 30.8 Å². The van der Waals surface area contributed by atoms with E-state index in [1.54, 1.807) is 42.5 Å². The number of alkyl halides is 3. The molecular formula is C27H28F4N4O5S. The minimum absolute atomic E-state index is 0.0232. The van der Waals surface area contributed by atoms with Gasteiger partial charge in [-0.2, -0.15) is 13.2 Å². The summed E-state index contributed by atoms with van der Waals surface area (Å²) in [6, 6.07) is 17.8. The lowest BCUT2D eigenvalue weighted by molar-refractivity contribution is -0.192. The lowest BCUT2D eigenvalue weighted by Gasteiger charge is -2.31. The molecule has 1 aliphatic rings. The molecule has 0 atom stereocenters. The van der Waals surface area contributed by atoms with E-state index in [1.807, 2.05) is 13.0 Å². The van der Waals surface area contributed by atoms with Gasteiger partial charge in [-0.15, -0.1) is 0 Å². The summed E-state index contributed by atoms with van der Waals surface area (Å²) < 4.78 is 74.6. The molecule has 1 saturated heterocycles. The topological polar surface area (TPSA) is 128 Å². The van der Waals surface area contributed by atoms with E-state index >= 15 is 0 Å². The third-order valence-electron chi connectivity index (χ3n) is 5.90. The number of nitrogens with one attached hydrogen (secondary N) is 3. The number of carbonyl (C=O) groups is 2. The first kappa shape index (κ1) is 31.4. The molecule has 0 bridgehead atoms. The van der Waals surface area contributed by atoms with Crippen molar-refractivity contribution in [2.24, 2.45) is 0 Å². The summed E-state index contributed by atoms with van der Waals surface area (Å²) in [5.74, 6) is -3.58. The monoisotopic (exact) mass is 596 g/mol. The van der Waals surface area contributed by atoms with Crippen LogP contribution in [-0.2, 0) is 21.4 Å². The molecule has 1 aliphatic heterocycles. The molecule has 3 aromatic carbocycles. The molecule has 3 aromatic rings. The van der Waals surface area contributed by atoms with Gasteiger partial charge in [0.15, 0.2) is 0 Å². The number of carboxylic acid groups (broad SMARTS) is 1. The smallest absolute Gasteiger partial charge is 0.475 e. The van der Waals surface area contributed by atoms with Crippen LogP contribution in [0.15, 0.2) is 71.6 Å². The number of halogens is 4. The molecule has 41 heavy (non-hydrogen) atoms. The summed E-state index contributed by atoms with van der Waals surface area (Å²) >= 11 is 0. The average molecular weight is 597 g/mol.